The number of nitrogens with zero attached hydrogens (tertiary/aromatic N) is 1. The van der Waals surface area contributed by atoms with Crippen molar-refractivity contribution >= 4 is 17.7 Å². The summed E-state index contributed by atoms with van der Waals surface area (Å²) in [4.78, 5) is 23.0. The lowest BCUT2D eigenvalue weighted by Crippen LogP contribution is -2.56. The van der Waals surface area contributed by atoms with Gasteiger partial charge in [0.2, 0.25) is 0 Å². The molecule has 2 aliphatic rings. The van der Waals surface area contributed by atoms with Crippen LogP contribution in [0.3, 0.4) is 0 Å². The maximum atomic E-state index is 11.5. The standard InChI is InChI=1S/C23H35NO5/c1-15(13-21(26)28-6)7-9-18-16(2)8-10-19-22(18,4)12-11-20(24-27)23(19,5)14-29-17(3)25/h13,18-19,27H,2,7-12,14H2,1,3-6H3/b15-13+,24-20-/t18-,19+,22+,23-/m0/s1. The van der Waals surface area contributed by atoms with E-state index in [-0.39, 0.29) is 29.9 Å². The molecule has 0 heterocycles. The molecule has 0 aromatic carbocycles. The molecule has 2 rings (SSSR count). The second kappa shape index (κ2) is 9.14. The van der Waals surface area contributed by atoms with Crippen LogP contribution in [0.1, 0.15) is 66.2 Å². The Morgan fingerprint density at radius 3 is 2.59 bits per heavy atom. The van der Waals surface area contributed by atoms with E-state index in [1.165, 1.54) is 19.6 Å². The van der Waals surface area contributed by atoms with E-state index >= 15 is 0 Å². The number of carbonyl (C=O) groups is 2. The number of rotatable bonds is 6. The van der Waals surface area contributed by atoms with Crippen LogP contribution in [0.25, 0.3) is 0 Å². The van der Waals surface area contributed by atoms with Crippen LogP contribution in [0.5, 0.6) is 0 Å². The lowest BCUT2D eigenvalue weighted by Gasteiger charge is -2.58. The highest BCUT2D eigenvalue weighted by Crippen LogP contribution is 2.61. The molecule has 0 aliphatic heterocycles. The quantitative estimate of drug-likeness (QED) is 0.228. The first kappa shape index (κ1) is 23.2. The van der Waals surface area contributed by atoms with Crippen LogP contribution >= 0.6 is 0 Å². The largest absolute Gasteiger partial charge is 0.466 e. The summed E-state index contributed by atoms with van der Waals surface area (Å²) in [5, 5.41) is 13.2. The van der Waals surface area contributed by atoms with Crippen LogP contribution in [0.4, 0.5) is 0 Å². The van der Waals surface area contributed by atoms with Gasteiger partial charge in [-0.3, -0.25) is 4.79 Å². The number of methoxy groups -OCH3 is 1. The van der Waals surface area contributed by atoms with Crippen LogP contribution in [-0.2, 0) is 19.1 Å². The molecular weight excluding hydrogens is 370 g/mol. The molecule has 2 fully saturated rings. The molecule has 0 saturated heterocycles. The van der Waals surface area contributed by atoms with Gasteiger partial charge in [-0.2, -0.15) is 0 Å². The van der Waals surface area contributed by atoms with Crippen LogP contribution in [0.2, 0.25) is 0 Å². The van der Waals surface area contributed by atoms with Gasteiger partial charge in [-0.05, 0) is 62.7 Å². The first-order chi connectivity index (χ1) is 13.6. The molecule has 0 radical (unpaired) electrons. The van der Waals surface area contributed by atoms with E-state index in [1.807, 2.05) is 6.92 Å². The number of carbonyl (C=O) groups excluding carboxylic acids is 2. The van der Waals surface area contributed by atoms with Gasteiger partial charge in [0.05, 0.1) is 12.8 Å². The number of ether oxygens (including phenoxy) is 2. The van der Waals surface area contributed by atoms with Crippen molar-refractivity contribution < 1.29 is 24.3 Å². The summed E-state index contributed by atoms with van der Waals surface area (Å²) in [5.41, 5.74) is 2.42. The molecule has 0 spiro atoms. The first-order valence-corrected chi connectivity index (χ1v) is 10.4. The van der Waals surface area contributed by atoms with Gasteiger partial charge in [-0.25, -0.2) is 4.79 Å². The molecule has 6 heteroatoms. The van der Waals surface area contributed by atoms with E-state index < -0.39 is 5.41 Å². The number of hydrogen-bond acceptors (Lipinski definition) is 6. The Labute approximate surface area is 174 Å². The second-order valence-electron chi connectivity index (χ2n) is 9.10. The number of allylic oxidation sites excluding steroid dienone is 2. The summed E-state index contributed by atoms with van der Waals surface area (Å²) in [6.07, 6.45) is 6.65. The zero-order valence-corrected chi connectivity index (χ0v) is 18.4. The van der Waals surface area contributed by atoms with Crippen molar-refractivity contribution in [2.45, 2.75) is 66.2 Å². The van der Waals surface area contributed by atoms with Crippen molar-refractivity contribution in [1.82, 2.24) is 0 Å². The summed E-state index contributed by atoms with van der Waals surface area (Å²) in [7, 11) is 1.38. The highest BCUT2D eigenvalue weighted by atomic mass is 16.5. The Hall–Kier alpha value is -2.11. The molecule has 0 aromatic rings. The molecule has 0 bridgehead atoms. The number of hydrogen-bond donors (Lipinski definition) is 1. The summed E-state index contributed by atoms with van der Waals surface area (Å²) < 4.78 is 10.1. The third kappa shape index (κ3) is 4.73. The zero-order valence-electron chi connectivity index (χ0n) is 18.4. The molecule has 2 aliphatic carbocycles. The van der Waals surface area contributed by atoms with Gasteiger partial charge >= 0.3 is 11.9 Å². The summed E-state index contributed by atoms with van der Waals surface area (Å²) in [6.45, 7) is 12.3. The Kier molecular flexibility index (Phi) is 7.30. The molecule has 1 N–H and O–H groups in total. The average Bonchev–Trinajstić information content (AvgIpc) is 2.65. The lowest BCUT2D eigenvalue weighted by molar-refractivity contribution is -0.146. The zero-order chi connectivity index (χ0) is 21.8. The molecule has 4 atom stereocenters. The van der Waals surface area contributed by atoms with E-state index in [2.05, 4.69) is 25.6 Å². The highest BCUT2D eigenvalue weighted by molar-refractivity contribution is 5.91. The smallest absolute Gasteiger partial charge is 0.330 e. The van der Waals surface area contributed by atoms with Crippen LogP contribution < -0.4 is 0 Å². The van der Waals surface area contributed by atoms with E-state index in [9.17, 15) is 14.8 Å². The number of fused-ring (bicyclic) bond motifs is 1. The van der Waals surface area contributed by atoms with E-state index in [1.54, 1.807) is 6.08 Å². The summed E-state index contributed by atoms with van der Waals surface area (Å²) in [6, 6.07) is 0. The SMILES string of the molecule is C=C1CC[C@@H]2[C@](C)(CC/C(=N/O)[C@@]2(C)COC(C)=O)[C@H]1CC/C(C)=C/C(=O)OC. The van der Waals surface area contributed by atoms with Crippen molar-refractivity contribution in [2.75, 3.05) is 13.7 Å². The van der Waals surface area contributed by atoms with Crippen LogP contribution in [0.15, 0.2) is 29.0 Å². The maximum Gasteiger partial charge on any atom is 0.330 e. The molecule has 6 nitrogen and oxygen atoms in total. The molecule has 162 valence electrons. The van der Waals surface area contributed by atoms with Gasteiger partial charge in [-0.1, -0.05) is 36.7 Å². The van der Waals surface area contributed by atoms with Crippen molar-refractivity contribution in [2.24, 2.45) is 27.8 Å². The van der Waals surface area contributed by atoms with Crippen molar-refractivity contribution in [1.29, 1.82) is 0 Å². The molecule has 0 aromatic heterocycles. The predicted molar refractivity (Wildman–Crippen MR) is 112 cm³/mol. The Morgan fingerprint density at radius 2 is 2.00 bits per heavy atom. The molecule has 0 amide bonds. The third-order valence-electron chi connectivity index (χ3n) is 7.26. The Bertz CT molecular complexity index is 725. The van der Waals surface area contributed by atoms with Gasteiger partial charge in [-0.15, -0.1) is 0 Å². The molecule has 2 saturated carbocycles. The van der Waals surface area contributed by atoms with E-state index in [0.29, 0.717) is 18.1 Å². The fourth-order valence-corrected chi connectivity index (χ4v) is 5.65. The summed E-state index contributed by atoms with van der Waals surface area (Å²) in [5.74, 6) is -0.144. The van der Waals surface area contributed by atoms with E-state index in [4.69, 9.17) is 9.47 Å². The fraction of sp³-hybridized carbons (Fsp3) is 0.696. The molecule has 0 unspecified atom stereocenters. The normalized spacial score (nSPS) is 33.9. The summed E-state index contributed by atoms with van der Waals surface area (Å²) >= 11 is 0. The van der Waals surface area contributed by atoms with Gasteiger partial charge in [0, 0.05) is 18.4 Å². The second-order valence-corrected chi connectivity index (χ2v) is 9.10. The topological polar surface area (TPSA) is 85.2 Å². The maximum absolute atomic E-state index is 11.5. The third-order valence-corrected chi connectivity index (χ3v) is 7.26. The van der Waals surface area contributed by atoms with Gasteiger partial charge in [0.15, 0.2) is 0 Å². The van der Waals surface area contributed by atoms with Crippen molar-refractivity contribution in [3.63, 3.8) is 0 Å². The number of esters is 2. The first-order valence-electron chi connectivity index (χ1n) is 10.4. The lowest BCUT2D eigenvalue weighted by atomic mass is 9.46. The van der Waals surface area contributed by atoms with Gasteiger partial charge in [0.1, 0.15) is 6.61 Å². The highest BCUT2D eigenvalue weighted by Gasteiger charge is 2.57. The minimum atomic E-state index is -0.497. The molecule has 29 heavy (non-hydrogen) atoms. The van der Waals surface area contributed by atoms with Crippen molar-refractivity contribution in [3.05, 3.63) is 23.8 Å². The fourth-order valence-electron chi connectivity index (χ4n) is 5.65. The van der Waals surface area contributed by atoms with Crippen LogP contribution in [0, 0.1) is 22.7 Å². The predicted octanol–water partition coefficient (Wildman–Crippen LogP) is 4.67. The van der Waals surface area contributed by atoms with E-state index in [0.717, 1.165) is 37.7 Å². The minimum absolute atomic E-state index is 0.0377. The van der Waals surface area contributed by atoms with Crippen molar-refractivity contribution in [3.8, 4) is 0 Å². The number of oxime groups is 1. The average molecular weight is 406 g/mol. The minimum Gasteiger partial charge on any atom is -0.466 e. The monoisotopic (exact) mass is 405 g/mol. The molecular formula is C23H35NO5. The van der Waals surface area contributed by atoms with Crippen LogP contribution in [-0.4, -0.2) is 36.6 Å². The Morgan fingerprint density at radius 1 is 1.31 bits per heavy atom. The Balaban J connectivity index is 2.30. The van der Waals surface area contributed by atoms with Gasteiger partial charge in [0.25, 0.3) is 0 Å². The van der Waals surface area contributed by atoms with Gasteiger partial charge < -0.3 is 14.7 Å².